The smallest absolute Gasteiger partial charge is 0.346 e. The predicted octanol–water partition coefficient (Wildman–Crippen LogP) is 6.08. The fraction of sp³-hybridized carbons (Fsp3) is 0.238. The second-order valence-corrected chi connectivity index (χ2v) is 9.02. The fourth-order valence-corrected chi connectivity index (χ4v) is 3.91. The van der Waals surface area contributed by atoms with Gasteiger partial charge in [0.2, 0.25) is 5.88 Å². The number of benzene rings is 2. The summed E-state index contributed by atoms with van der Waals surface area (Å²) < 4.78 is 8.35. The molecule has 27 heavy (non-hydrogen) atoms. The van der Waals surface area contributed by atoms with Gasteiger partial charge in [0.15, 0.2) is 0 Å². The van der Waals surface area contributed by atoms with Crippen LogP contribution in [0.4, 0.5) is 0 Å². The van der Waals surface area contributed by atoms with Gasteiger partial charge in [0, 0.05) is 9.37 Å². The molecule has 2 aromatic carbocycles. The number of carbonyl (C=O) groups excluding carboxylic acids is 1. The van der Waals surface area contributed by atoms with Crippen molar-refractivity contribution < 1.29 is 9.53 Å². The largest absolute Gasteiger partial charge is 0.403 e. The van der Waals surface area contributed by atoms with Crippen LogP contribution in [0.15, 0.2) is 68.9 Å². The molecule has 0 atom stereocenters. The summed E-state index contributed by atoms with van der Waals surface area (Å²) in [5, 5.41) is 4.65. The zero-order chi connectivity index (χ0) is 19.6. The third kappa shape index (κ3) is 4.45. The van der Waals surface area contributed by atoms with E-state index in [4.69, 9.17) is 4.74 Å². The van der Waals surface area contributed by atoms with E-state index in [2.05, 4.69) is 21.0 Å². The van der Waals surface area contributed by atoms with Gasteiger partial charge in [-0.15, -0.1) is 0 Å². The Morgan fingerprint density at radius 2 is 1.70 bits per heavy atom. The van der Waals surface area contributed by atoms with Gasteiger partial charge in [-0.3, -0.25) is 0 Å². The maximum Gasteiger partial charge on any atom is 0.346 e. The first-order valence-corrected chi connectivity index (χ1v) is 10.2. The number of esters is 1. The number of aromatic nitrogens is 2. The van der Waals surface area contributed by atoms with Gasteiger partial charge in [0.1, 0.15) is 0 Å². The van der Waals surface area contributed by atoms with Crippen LogP contribution in [0.25, 0.3) is 0 Å². The first kappa shape index (κ1) is 19.7. The van der Waals surface area contributed by atoms with Crippen LogP contribution < -0.4 is 4.74 Å². The van der Waals surface area contributed by atoms with Gasteiger partial charge in [-0.05, 0) is 67.9 Å². The minimum atomic E-state index is -0.414. The molecule has 1 aromatic heterocycles. The number of aryl methyl sites for hydroxylation is 1. The van der Waals surface area contributed by atoms with Gasteiger partial charge in [0.25, 0.3) is 0 Å². The van der Waals surface area contributed by atoms with E-state index in [1.165, 1.54) is 0 Å². The van der Waals surface area contributed by atoms with Crippen molar-refractivity contribution in [2.45, 2.75) is 43.0 Å². The Labute approximate surface area is 172 Å². The third-order valence-corrected chi connectivity index (χ3v) is 5.72. The first-order chi connectivity index (χ1) is 12.8. The standard InChI is InChI=1S/C21H21BrN2O2S/c1-14-18(27-15-10-6-5-7-11-15)19(24(23-14)21(2,3)4)26-20(25)16-12-8-9-13-17(16)22/h5-13H,1-4H3. The summed E-state index contributed by atoms with van der Waals surface area (Å²) in [7, 11) is 0. The summed E-state index contributed by atoms with van der Waals surface area (Å²) in [5.41, 5.74) is 0.977. The van der Waals surface area contributed by atoms with E-state index in [1.54, 1.807) is 22.5 Å². The molecule has 140 valence electrons. The molecule has 0 saturated heterocycles. The molecule has 0 aliphatic carbocycles. The van der Waals surface area contributed by atoms with E-state index >= 15 is 0 Å². The Bertz CT molecular complexity index is 962. The van der Waals surface area contributed by atoms with Crippen LogP contribution in [0.3, 0.4) is 0 Å². The molecule has 3 rings (SSSR count). The molecule has 0 spiro atoms. The lowest BCUT2D eigenvalue weighted by Crippen LogP contribution is -2.25. The zero-order valence-corrected chi connectivity index (χ0v) is 18.1. The van der Waals surface area contributed by atoms with Crippen LogP contribution in [0.1, 0.15) is 36.8 Å². The molecule has 6 heteroatoms. The van der Waals surface area contributed by atoms with Gasteiger partial charge in [-0.1, -0.05) is 42.1 Å². The third-order valence-electron chi connectivity index (χ3n) is 3.85. The van der Waals surface area contributed by atoms with Crippen LogP contribution in [0, 0.1) is 6.92 Å². The summed E-state index contributed by atoms with van der Waals surface area (Å²) in [5.74, 6) is 0.0531. The maximum absolute atomic E-state index is 12.8. The van der Waals surface area contributed by atoms with E-state index in [1.807, 2.05) is 76.2 Å². The van der Waals surface area contributed by atoms with Crippen molar-refractivity contribution in [1.29, 1.82) is 0 Å². The molecule has 0 aliphatic heterocycles. The normalized spacial score (nSPS) is 11.4. The van der Waals surface area contributed by atoms with Crippen molar-refractivity contribution in [3.05, 3.63) is 70.3 Å². The number of ether oxygens (including phenoxy) is 1. The molecule has 0 N–H and O–H groups in total. The molecule has 4 nitrogen and oxygen atoms in total. The highest BCUT2D eigenvalue weighted by molar-refractivity contribution is 9.10. The average molecular weight is 445 g/mol. The minimum Gasteiger partial charge on any atom is -0.403 e. The topological polar surface area (TPSA) is 44.1 Å². The van der Waals surface area contributed by atoms with E-state index in [-0.39, 0.29) is 5.54 Å². The lowest BCUT2D eigenvalue weighted by molar-refractivity contribution is 0.0703. The van der Waals surface area contributed by atoms with Gasteiger partial charge < -0.3 is 4.74 Å². The lowest BCUT2D eigenvalue weighted by Gasteiger charge is -2.22. The van der Waals surface area contributed by atoms with E-state index < -0.39 is 5.97 Å². The van der Waals surface area contributed by atoms with Crippen LogP contribution in [-0.4, -0.2) is 15.7 Å². The van der Waals surface area contributed by atoms with Crippen molar-refractivity contribution in [1.82, 2.24) is 9.78 Å². The van der Waals surface area contributed by atoms with Crippen molar-refractivity contribution in [3.8, 4) is 5.88 Å². The Hall–Kier alpha value is -2.05. The zero-order valence-electron chi connectivity index (χ0n) is 15.7. The highest BCUT2D eigenvalue weighted by Crippen LogP contribution is 2.40. The van der Waals surface area contributed by atoms with Gasteiger partial charge >= 0.3 is 5.97 Å². The number of halogens is 1. The van der Waals surface area contributed by atoms with Gasteiger partial charge in [-0.2, -0.15) is 5.10 Å². The highest BCUT2D eigenvalue weighted by Gasteiger charge is 2.28. The molecule has 0 fully saturated rings. The van der Waals surface area contributed by atoms with Crippen LogP contribution in [0.5, 0.6) is 5.88 Å². The van der Waals surface area contributed by atoms with E-state index in [9.17, 15) is 4.79 Å². The van der Waals surface area contributed by atoms with Crippen molar-refractivity contribution in [2.24, 2.45) is 0 Å². The molecule has 0 bridgehead atoms. The van der Waals surface area contributed by atoms with Crippen molar-refractivity contribution in [3.63, 3.8) is 0 Å². The summed E-state index contributed by atoms with van der Waals surface area (Å²) >= 11 is 4.96. The Kier molecular flexibility index (Phi) is 5.77. The molecular formula is C21H21BrN2O2S. The van der Waals surface area contributed by atoms with Gasteiger partial charge in [0.05, 0.1) is 21.7 Å². The molecule has 0 amide bonds. The number of hydrogen-bond donors (Lipinski definition) is 0. The fourth-order valence-electron chi connectivity index (χ4n) is 2.53. The number of rotatable bonds is 4. The van der Waals surface area contributed by atoms with Crippen LogP contribution >= 0.6 is 27.7 Å². The second kappa shape index (κ2) is 7.90. The Balaban J connectivity index is 2.03. The number of hydrogen-bond acceptors (Lipinski definition) is 4. The van der Waals surface area contributed by atoms with Crippen molar-refractivity contribution in [2.75, 3.05) is 0 Å². The predicted molar refractivity (Wildman–Crippen MR) is 112 cm³/mol. The molecule has 0 radical (unpaired) electrons. The Morgan fingerprint density at radius 1 is 1.07 bits per heavy atom. The summed E-state index contributed by atoms with van der Waals surface area (Å²) in [6.45, 7) is 8.04. The molecule has 0 saturated carbocycles. The summed E-state index contributed by atoms with van der Waals surface area (Å²) in [6.07, 6.45) is 0. The van der Waals surface area contributed by atoms with E-state index in [0.29, 0.717) is 15.9 Å². The second-order valence-electron chi connectivity index (χ2n) is 7.09. The van der Waals surface area contributed by atoms with Crippen LogP contribution in [0.2, 0.25) is 0 Å². The molecule has 3 aromatic rings. The SMILES string of the molecule is Cc1nn(C(C)(C)C)c(OC(=O)c2ccccc2Br)c1Sc1ccccc1. The number of carbonyl (C=O) groups is 1. The molecule has 0 unspecified atom stereocenters. The van der Waals surface area contributed by atoms with Gasteiger partial charge in [-0.25, -0.2) is 9.48 Å². The molecule has 1 heterocycles. The van der Waals surface area contributed by atoms with E-state index in [0.717, 1.165) is 15.5 Å². The molecular weight excluding hydrogens is 424 g/mol. The Morgan fingerprint density at radius 3 is 2.33 bits per heavy atom. The maximum atomic E-state index is 12.8. The number of nitrogens with zero attached hydrogens (tertiary/aromatic N) is 2. The quantitative estimate of drug-likeness (QED) is 0.457. The van der Waals surface area contributed by atoms with Crippen LogP contribution in [-0.2, 0) is 5.54 Å². The van der Waals surface area contributed by atoms with Crippen molar-refractivity contribution >= 4 is 33.7 Å². The lowest BCUT2D eigenvalue weighted by atomic mass is 10.1. The minimum absolute atomic E-state index is 0.330. The highest BCUT2D eigenvalue weighted by atomic mass is 79.9. The first-order valence-electron chi connectivity index (χ1n) is 8.57. The average Bonchev–Trinajstić information content (AvgIpc) is 2.92. The molecule has 0 aliphatic rings. The monoisotopic (exact) mass is 444 g/mol. The summed E-state index contributed by atoms with van der Waals surface area (Å²) in [4.78, 5) is 14.7. The summed E-state index contributed by atoms with van der Waals surface area (Å²) in [6, 6.07) is 17.2.